The van der Waals surface area contributed by atoms with Crippen LogP contribution in [0.15, 0.2) is 304 Å². The first-order valence-corrected chi connectivity index (χ1v) is 30.2. The lowest BCUT2D eigenvalue weighted by molar-refractivity contribution is -0.137. The van der Waals surface area contributed by atoms with Crippen LogP contribution in [0.1, 0.15) is 5.56 Å². The van der Waals surface area contributed by atoms with Gasteiger partial charge in [0.25, 0.3) is 0 Å². The zero-order chi connectivity index (χ0) is 61.9. The molecule has 92 heavy (non-hydrogen) atoms. The van der Waals surface area contributed by atoms with E-state index in [4.69, 9.17) is 26.5 Å². The molecule has 0 aliphatic rings. The molecular formula is C82H50F3N7. The second-order valence-corrected chi connectivity index (χ2v) is 22.8. The number of hydrogen-bond acceptors (Lipinski definition) is 4. The molecule has 0 aliphatic heterocycles. The predicted octanol–water partition coefficient (Wildman–Crippen LogP) is 22.0. The molecule has 0 radical (unpaired) electrons. The van der Waals surface area contributed by atoms with Gasteiger partial charge in [-0.15, -0.1) is 0 Å². The molecule has 10 heteroatoms. The van der Waals surface area contributed by atoms with Gasteiger partial charge in [0, 0.05) is 68.6 Å². The van der Waals surface area contributed by atoms with E-state index >= 15 is 13.2 Å². The van der Waals surface area contributed by atoms with E-state index in [1.54, 1.807) is 64.3 Å². The number of halogens is 3. The van der Waals surface area contributed by atoms with Crippen molar-refractivity contribution in [2.45, 2.75) is 6.18 Å². The summed E-state index contributed by atoms with van der Waals surface area (Å²) in [6.07, 6.45) is 2.22. The fourth-order valence-electron chi connectivity index (χ4n) is 13.0. The summed E-state index contributed by atoms with van der Waals surface area (Å²) in [5.74, 6) is 0. The topological polar surface area (TPSA) is 65.8 Å². The van der Waals surface area contributed by atoms with Crippen LogP contribution < -0.4 is 0 Å². The summed E-state index contributed by atoms with van der Waals surface area (Å²) in [7, 11) is 0. The van der Waals surface area contributed by atoms with Gasteiger partial charge >= 0.3 is 6.18 Å². The lowest BCUT2D eigenvalue weighted by Crippen LogP contribution is -2.16. The van der Waals surface area contributed by atoms with Crippen LogP contribution in [0.5, 0.6) is 0 Å². The summed E-state index contributed by atoms with van der Waals surface area (Å²) >= 11 is 0. The minimum absolute atomic E-state index is 0.0806. The normalized spacial score (nSPS) is 11.6. The van der Waals surface area contributed by atoms with E-state index in [2.05, 4.69) is 29.1 Å². The summed E-state index contributed by atoms with van der Waals surface area (Å²) < 4.78 is 56.1. The average Bonchev–Trinajstić information content (AvgIpc) is 1.53. The van der Waals surface area contributed by atoms with Crippen LogP contribution in [-0.4, -0.2) is 29.1 Å². The van der Waals surface area contributed by atoms with Crippen LogP contribution >= 0.6 is 0 Å². The highest BCUT2D eigenvalue weighted by atomic mass is 19.4. The van der Waals surface area contributed by atoms with Crippen LogP contribution in [0.3, 0.4) is 0 Å². The molecule has 7 nitrogen and oxygen atoms in total. The second-order valence-electron chi connectivity index (χ2n) is 22.8. The highest BCUT2D eigenvalue weighted by Gasteiger charge is 2.40. The van der Waals surface area contributed by atoms with Crippen LogP contribution in [0.25, 0.3) is 160 Å². The zero-order valence-corrected chi connectivity index (χ0v) is 49.1. The maximum atomic E-state index is 17.5. The Morgan fingerprint density at radius 2 is 0.554 bits per heavy atom. The van der Waals surface area contributed by atoms with Crippen molar-refractivity contribution < 1.29 is 13.2 Å². The molecule has 6 aromatic heterocycles. The summed E-state index contributed by atoms with van der Waals surface area (Å²) in [6, 6.07) is 90.3. The van der Waals surface area contributed by atoms with E-state index in [-0.39, 0.29) is 11.4 Å². The maximum Gasteiger partial charge on any atom is 0.420 e. The van der Waals surface area contributed by atoms with Crippen molar-refractivity contribution in [2.24, 2.45) is 0 Å². The monoisotopic (exact) mass is 1190 g/mol. The fourth-order valence-corrected chi connectivity index (χ4v) is 13.0. The van der Waals surface area contributed by atoms with Crippen molar-refractivity contribution in [3.05, 3.63) is 321 Å². The van der Waals surface area contributed by atoms with E-state index in [0.717, 1.165) is 111 Å². The van der Waals surface area contributed by atoms with Crippen LogP contribution in [-0.2, 0) is 6.18 Å². The number of pyridine rings is 4. The van der Waals surface area contributed by atoms with Gasteiger partial charge in [-0.3, -0.25) is 19.9 Å². The van der Waals surface area contributed by atoms with Gasteiger partial charge in [0.05, 0.1) is 62.8 Å². The zero-order valence-electron chi connectivity index (χ0n) is 49.1. The molecule has 6 heterocycles. The van der Waals surface area contributed by atoms with Crippen molar-refractivity contribution in [1.82, 2.24) is 29.1 Å². The average molecular weight is 1190 g/mol. The number of nitrogens with zero attached hydrogens (tertiary/aromatic N) is 7. The van der Waals surface area contributed by atoms with Gasteiger partial charge < -0.3 is 9.13 Å². The molecule has 0 saturated heterocycles. The number of aromatic nitrogens is 6. The van der Waals surface area contributed by atoms with E-state index in [0.29, 0.717) is 38.9 Å². The first-order valence-electron chi connectivity index (χ1n) is 30.2. The van der Waals surface area contributed by atoms with E-state index < -0.39 is 11.7 Å². The Morgan fingerprint density at radius 3 is 0.848 bits per heavy atom. The van der Waals surface area contributed by atoms with E-state index in [9.17, 15) is 0 Å². The van der Waals surface area contributed by atoms with Crippen LogP contribution in [0.4, 0.5) is 18.9 Å². The molecule has 16 aromatic rings. The Bertz CT molecular complexity index is 4990. The van der Waals surface area contributed by atoms with Gasteiger partial charge in [0.15, 0.2) is 5.69 Å². The van der Waals surface area contributed by atoms with Crippen molar-refractivity contribution in [2.75, 3.05) is 0 Å². The van der Waals surface area contributed by atoms with Gasteiger partial charge in [-0.05, 0) is 171 Å². The Labute approximate surface area is 527 Å². The van der Waals surface area contributed by atoms with Crippen molar-refractivity contribution in [3.8, 4) is 112 Å². The molecular weight excluding hydrogens is 1140 g/mol. The quantitative estimate of drug-likeness (QED) is 0.121. The number of benzene rings is 10. The third-order valence-corrected chi connectivity index (χ3v) is 17.4. The van der Waals surface area contributed by atoms with Gasteiger partial charge in [0.2, 0.25) is 0 Å². The highest BCUT2D eigenvalue weighted by Crippen LogP contribution is 2.48. The molecule has 0 aliphatic carbocycles. The van der Waals surface area contributed by atoms with Crippen molar-refractivity contribution in [1.29, 1.82) is 0 Å². The lowest BCUT2D eigenvalue weighted by atomic mass is 9.98. The summed E-state index contributed by atoms with van der Waals surface area (Å²) in [5.41, 5.74) is 16.8. The largest absolute Gasteiger partial charge is 0.420 e. The molecule has 16 rings (SSSR count). The Kier molecular flexibility index (Phi) is 13.6. The smallest absolute Gasteiger partial charge is 0.309 e. The SMILES string of the molecule is [C-]#[N+]c1cccc(-c2cc(-n3c4ccc(-c5ccnc(-c6ccccc6)c5)cc4c4cc(-c5ccnc(-c6ccccc6)c5)ccc43)c(C(F)(F)F)c(-n3c4ccc(-c5ccnc(-c6ccccc6)c5)cc4c4cc(-c5ccnc(-c6ccccc6)c5)ccc43)c2)c1. The summed E-state index contributed by atoms with van der Waals surface area (Å²) in [6.45, 7) is 8.09. The van der Waals surface area contributed by atoms with E-state index in [1.165, 1.54) is 0 Å². The van der Waals surface area contributed by atoms with E-state index in [1.807, 2.05) is 224 Å². The molecule has 0 spiro atoms. The molecule has 434 valence electrons. The predicted molar refractivity (Wildman–Crippen MR) is 366 cm³/mol. The van der Waals surface area contributed by atoms with Gasteiger partial charge in [-0.2, -0.15) is 13.2 Å². The lowest BCUT2D eigenvalue weighted by Gasteiger charge is -2.23. The Hall–Kier alpha value is -12.3. The molecule has 0 bridgehead atoms. The second kappa shape index (κ2) is 22.7. The number of alkyl halides is 3. The molecule has 0 amide bonds. The van der Waals surface area contributed by atoms with Crippen molar-refractivity contribution in [3.63, 3.8) is 0 Å². The maximum absolute atomic E-state index is 17.5. The molecule has 10 aromatic carbocycles. The molecule has 0 unspecified atom stereocenters. The number of fused-ring (bicyclic) bond motifs is 6. The summed E-state index contributed by atoms with van der Waals surface area (Å²) in [4.78, 5) is 22.7. The molecule has 0 saturated carbocycles. The fraction of sp³-hybridized carbons (Fsp3) is 0.0122. The molecule has 0 atom stereocenters. The van der Waals surface area contributed by atoms with Gasteiger partial charge in [-0.25, -0.2) is 4.85 Å². The minimum atomic E-state index is -4.95. The Morgan fingerprint density at radius 1 is 0.272 bits per heavy atom. The van der Waals surface area contributed by atoms with Gasteiger partial charge in [0.1, 0.15) is 5.56 Å². The first-order chi connectivity index (χ1) is 45.2. The molecule has 0 N–H and O–H groups in total. The minimum Gasteiger partial charge on any atom is -0.309 e. The third-order valence-electron chi connectivity index (χ3n) is 17.4. The van der Waals surface area contributed by atoms with Crippen molar-refractivity contribution >= 4 is 49.3 Å². The number of rotatable bonds is 11. The Balaban J connectivity index is 0.971. The summed E-state index contributed by atoms with van der Waals surface area (Å²) in [5, 5.41) is 3.00. The van der Waals surface area contributed by atoms with Crippen LogP contribution in [0.2, 0.25) is 0 Å². The first kappa shape index (κ1) is 55.0. The highest BCUT2D eigenvalue weighted by molar-refractivity contribution is 6.14. The van der Waals surface area contributed by atoms with Crippen LogP contribution in [0, 0.1) is 6.57 Å². The van der Waals surface area contributed by atoms with Gasteiger partial charge in [-0.1, -0.05) is 164 Å². The number of hydrogen-bond donors (Lipinski definition) is 0. The third kappa shape index (κ3) is 10.0. The molecule has 0 fully saturated rings. The standard InChI is InChI=1S/C82H50F3N7/c1-86-66-24-14-23-56(41-66)65-50-79(91-75-29-25-57(61-33-37-87-71(46-61)52-15-6-2-7-16-52)42-67(75)68-43-58(26-30-76(68)91)62-34-38-88-72(47-62)53-17-8-3-9-18-53)81(82(83,84)85)80(51-65)92-77-31-27-59(63-35-39-89-73(48-63)54-19-10-4-11-20-54)44-69(77)70-45-60(28-32-78(70)92)64-36-40-90-74(49-64)55-21-12-5-13-22-55/h2-51H.